The maximum atomic E-state index is 13.5. The number of anilines is 1. The van der Waals surface area contributed by atoms with Crippen LogP contribution in [0, 0.1) is 0 Å². The molecule has 0 saturated carbocycles. The number of ether oxygens (including phenoxy) is 1. The number of rotatable bonds is 5. The van der Waals surface area contributed by atoms with Gasteiger partial charge < -0.3 is 19.9 Å². The van der Waals surface area contributed by atoms with Crippen molar-refractivity contribution >= 4 is 40.2 Å². The number of piperazine rings is 1. The molecule has 0 unspecified atom stereocenters. The molecule has 1 aromatic heterocycles. The van der Waals surface area contributed by atoms with Crippen LogP contribution in [0.1, 0.15) is 26.3 Å². The molecular weight excluding hydrogens is 454 g/mol. The number of amides is 2. The third-order valence-electron chi connectivity index (χ3n) is 5.72. The quantitative estimate of drug-likeness (QED) is 0.572. The van der Waals surface area contributed by atoms with Gasteiger partial charge in [0.2, 0.25) is 5.91 Å². The Morgan fingerprint density at radius 1 is 1.12 bits per heavy atom. The van der Waals surface area contributed by atoms with Gasteiger partial charge in [-0.15, -0.1) is 0 Å². The fourth-order valence-electron chi connectivity index (χ4n) is 4.03. The van der Waals surface area contributed by atoms with E-state index >= 15 is 0 Å². The largest absolute Gasteiger partial charge is 0.444 e. The van der Waals surface area contributed by atoms with E-state index < -0.39 is 17.7 Å². The van der Waals surface area contributed by atoms with Gasteiger partial charge in [-0.05, 0) is 56.7 Å². The maximum absolute atomic E-state index is 13.5. The van der Waals surface area contributed by atoms with E-state index in [0.29, 0.717) is 37.6 Å². The molecule has 2 heterocycles. The van der Waals surface area contributed by atoms with Crippen LogP contribution in [0.2, 0.25) is 5.02 Å². The second kappa shape index (κ2) is 9.93. The van der Waals surface area contributed by atoms with Crippen LogP contribution in [0.3, 0.4) is 0 Å². The summed E-state index contributed by atoms with van der Waals surface area (Å²) in [4.78, 5) is 30.0. The van der Waals surface area contributed by atoms with Crippen molar-refractivity contribution < 1.29 is 14.3 Å². The predicted octanol–water partition coefficient (Wildman–Crippen LogP) is 4.00. The number of carbonyl (C=O) groups is 2. The molecule has 180 valence electrons. The van der Waals surface area contributed by atoms with Gasteiger partial charge in [-0.1, -0.05) is 23.7 Å². The molecule has 4 rings (SSSR count). The molecule has 8 nitrogen and oxygen atoms in total. The summed E-state index contributed by atoms with van der Waals surface area (Å²) < 4.78 is 5.41. The smallest absolute Gasteiger partial charge is 0.408 e. The van der Waals surface area contributed by atoms with Gasteiger partial charge in [-0.2, -0.15) is 5.10 Å². The predicted molar refractivity (Wildman–Crippen MR) is 133 cm³/mol. The van der Waals surface area contributed by atoms with Crippen molar-refractivity contribution in [3.63, 3.8) is 0 Å². The molecule has 34 heavy (non-hydrogen) atoms. The summed E-state index contributed by atoms with van der Waals surface area (Å²) in [5, 5.41) is 11.5. The Bertz CT molecular complexity index is 1150. The highest BCUT2D eigenvalue weighted by molar-refractivity contribution is 6.30. The standard InChI is InChI=1S/C25H30ClN5O3/c1-25(2,3)34-24(33)28-22(14-17-4-7-19(26)8-5-17)23(32)31-12-10-30(11-13-31)20-9-6-18-16-27-29-21(18)15-20/h4-9,15-16,22H,10-14H2,1-3H3,(H,27,29)(H,28,33)/t22-/m1/s1. The summed E-state index contributed by atoms with van der Waals surface area (Å²) in [6, 6.07) is 12.7. The Morgan fingerprint density at radius 2 is 1.82 bits per heavy atom. The minimum Gasteiger partial charge on any atom is -0.444 e. The van der Waals surface area contributed by atoms with E-state index in [1.54, 1.807) is 39.1 Å². The zero-order valence-electron chi connectivity index (χ0n) is 19.7. The average Bonchev–Trinajstić information content (AvgIpc) is 3.26. The lowest BCUT2D eigenvalue weighted by Gasteiger charge is -2.37. The number of H-pyrrole nitrogens is 1. The lowest BCUT2D eigenvalue weighted by Crippen LogP contribution is -2.56. The van der Waals surface area contributed by atoms with E-state index in [9.17, 15) is 9.59 Å². The normalized spacial score (nSPS) is 15.3. The highest BCUT2D eigenvalue weighted by Crippen LogP contribution is 2.22. The summed E-state index contributed by atoms with van der Waals surface area (Å²) in [7, 11) is 0. The van der Waals surface area contributed by atoms with Crippen molar-refractivity contribution in [2.75, 3.05) is 31.1 Å². The first-order valence-corrected chi connectivity index (χ1v) is 11.8. The first kappa shape index (κ1) is 23.9. The fourth-order valence-corrected chi connectivity index (χ4v) is 4.16. The van der Waals surface area contributed by atoms with Crippen LogP contribution in [0.15, 0.2) is 48.7 Å². The van der Waals surface area contributed by atoms with Crippen molar-refractivity contribution in [3.05, 3.63) is 59.2 Å². The average molecular weight is 484 g/mol. The van der Waals surface area contributed by atoms with Gasteiger partial charge >= 0.3 is 6.09 Å². The number of nitrogens with one attached hydrogen (secondary N) is 2. The lowest BCUT2D eigenvalue weighted by molar-refractivity contribution is -0.133. The minimum absolute atomic E-state index is 0.121. The van der Waals surface area contributed by atoms with Crippen molar-refractivity contribution in [2.45, 2.75) is 38.8 Å². The molecule has 3 aromatic rings. The van der Waals surface area contributed by atoms with Crippen molar-refractivity contribution in [2.24, 2.45) is 0 Å². The second-order valence-electron chi connectivity index (χ2n) is 9.48. The van der Waals surface area contributed by atoms with Crippen LogP contribution < -0.4 is 10.2 Å². The zero-order valence-corrected chi connectivity index (χ0v) is 20.4. The highest BCUT2D eigenvalue weighted by atomic mass is 35.5. The molecule has 1 aliphatic heterocycles. The monoisotopic (exact) mass is 483 g/mol. The number of nitrogens with zero attached hydrogens (tertiary/aromatic N) is 3. The first-order valence-electron chi connectivity index (χ1n) is 11.4. The van der Waals surface area contributed by atoms with E-state index in [1.807, 2.05) is 23.1 Å². The van der Waals surface area contributed by atoms with Crippen LogP contribution >= 0.6 is 11.6 Å². The molecule has 2 N–H and O–H groups in total. The molecule has 2 amide bonds. The number of hydrogen-bond acceptors (Lipinski definition) is 5. The van der Waals surface area contributed by atoms with Gasteiger partial charge in [-0.25, -0.2) is 4.79 Å². The van der Waals surface area contributed by atoms with Crippen molar-refractivity contribution in [1.29, 1.82) is 0 Å². The number of carbonyl (C=O) groups excluding carboxylic acids is 2. The number of aromatic nitrogens is 2. The number of fused-ring (bicyclic) bond motifs is 1. The van der Waals surface area contributed by atoms with E-state index in [-0.39, 0.29) is 5.91 Å². The topological polar surface area (TPSA) is 90.6 Å². The third-order valence-corrected chi connectivity index (χ3v) is 5.98. The van der Waals surface area contributed by atoms with Gasteiger partial charge in [0, 0.05) is 48.7 Å². The molecular formula is C25H30ClN5O3. The van der Waals surface area contributed by atoms with E-state index in [4.69, 9.17) is 16.3 Å². The highest BCUT2D eigenvalue weighted by Gasteiger charge is 2.30. The Labute approximate surface area is 204 Å². The van der Waals surface area contributed by atoms with Crippen LogP contribution in [-0.4, -0.2) is 64.9 Å². The Balaban J connectivity index is 1.43. The molecule has 0 bridgehead atoms. The van der Waals surface area contributed by atoms with Crippen LogP contribution in [0.25, 0.3) is 10.9 Å². The molecule has 1 aliphatic rings. The molecule has 0 spiro atoms. The Hall–Kier alpha value is -3.26. The van der Waals surface area contributed by atoms with Crippen LogP contribution in [-0.2, 0) is 16.0 Å². The number of hydrogen-bond donors (Lipinski definition) is 2. The van der Waals surface area contributed by atoms with Crippen LogP contribution in [0.5, 0.6) is 0 Å². The zero-order chi connectivity index (χ0) is 24.3. The summed E-state index contributed by atoms with van der Waals surface area (Å²) >= 11 is 6.00. The van der Waals surface area contributed by atoms with E-state index in [1.165, 1.54) is 0 Å². The molecule has 2 aromatic carbocycles. The molecule has 1 saturated heterocycles. The molecule has 9 heteroatoms. The summed E-state index contributed by atoms with van der Waals surface area (Å²) in [6.45, 7) is 7.91. The maximum Gasteiger partial charge on any atom is 0.408 e. The third kappa shape index (κ3) is 5.99. The molecule has 1 fully saturated rings. The van der Waals surface area contributed by atoms with E-state index in [2.05, 4.69) is 32.5 Å². The fraction of sp³-hybridized carbons (Fsp3) is 0.400. The SMILES string of the molecule is CC(C)(C)OC(=O)N[C@H](Cc1ccc(Cl)cc1)C(=O)N1CCN(c2ccc3cn[nH]c3c2)CC1. The Morgan fingerprint density at radius 3 is 2.50 bits per heavy atom. The van der Waals surface area contributed by atoms with Crippen LogP contribution in [0.4, 0.5) is 10.5 Å². The second-order valence-corrected chi connectivity index (χ2v) is 9.92. The summed E-state index contributed by atoms with van der Waals surface area (Å²) in [5.74, 6) is -0.121. The molecule has 0 radical (unpaired) electrons. The van der Waals surface area contributed by atoms with Gasteiger partial charge in [0.05, 0.1) is 11.7 Å². The number of benzene rings is 2. The molecule has 1 atom stereocenters. The summed E-state index contributed by atoms with van der Waals surface area (Å²) in [5.41, 5.74) is 2.33. The lowest BCUT2D eigenvalue weighted by atomic mass is 10.0. The van der Waals surface area contributed by atoms with E-state index in [0.717, 1.165) is 22.2 Å². The number of halogens is 1. The minimum atomic E-state index is -0.732. The summed E-state index contributed by atoms with van der Waals surface area (Å²) in [6.07, 6.45) is 1.55. The van der Waals surface area contributed by atoms with Crippen molar-refractivity contribution in [3.8, 4) is 0 Å². The Kier molecular flexibility index (Phi) is 6.97. The first-order chi connectivity index (χ1) is 16.2. The molecule has 0 aliphatic carbocycles. The number of alkyl carbamates (subject to hydrolysis) is 1. The van der Waals surface area contributed by atoms with Gasteiger partial charge in [-0.3, -0.25) is 9.89 Å². The van der Waals surface area contributed by atoms with Gasteiger partial charge in [0.1, 0.15) is 11.6 Å². The van der Waals surface area contributed by atoms with Gasteiger partial charge in [0.15, 0.2) is 0 Å². The van der Waals surface area contributed by atoms with Crippen molar-refractivity contribution in [1.82, 2.24) is 20.4 Å². The number of aromatic amines is 1. The van der Waals surface area contributed by atoms with Gasteiger partial charge in [0.25, 0.3) is 0 Å².